The van der Waals surface area contributed by atoms with Gasteiger partial charge in [0, 0.05) is 36.8 Å². The van der Waals surface area contributed by atoms with E-state index in [1.54, 1.807) is 6.08 Å². The first-order valence-corrected chi connectivity index (χ1v) is 11.5. The number of piperidine rings is 1. The normalized spacial score (nSPS) is 18.9. The van der Waals surface area contributed by atoms with Crippen molar-refractivity contribution in [3.8, 4) is 11.4 Å². The molecule has 2 amide bonds. The van der Waals surface area contributed by atoms with Crippen LogP contribution in [0, 0.1) is 0 Å². The van der Waals surface area contributed by atoms with Gasteiger partial charge in [-0.15, -0.1) is 0 Å². The number of amides is 2. The summed E-state index contributed by atoms with van der Waals surface area (Å²) >= 11 is 0. The minimum atomic E-state index is -0.218. The van der Waals surface area contributed by atoms with Crippen LogP contribution in [-0.2, 0) is 9.59 Å². The number of hydrogen-bond donors (Lipinski definition) is 0. The average molecular weight is 443 g/mol. The molecule has 2 aromatic carbocycles. The highest BCUT2D eigenvalue weighted by Crippen LogP contribution is 2.31. The lowest BCUT2D eigenvalue weighted by atomic mass is 10.0. The van der Waals surface area contributed by atoms with Gasteiger partial charge in [0.1, 0.15) is 6.04 Å². The molecule has 7 nitrogen and oxygen atoms in total. The van der Waals surface area contributed by atoms with Crippen LogP contribution < -0.4 is 4.90 Å². The summed E-state index contributed by atoms with van der Waals surface area (Å²) in [6, 6.07) is 17.2. The molecule has 168 valence electrons. The van der Waals surface area contributed by atoms with Gasteiger partial charge in [0.05, 0.1) is 0 Å². The lowest BCUT2D eigenvalue weighted by Gasteiger charge is -2.32. The minimum absolute atomic E-state index is 0.0713. The van der Waals surface area contributed by atoms with Gasteiger partial charge in [-0.3, -0.25) is 9.59 Å². The third kappa shape index (κ3) is 4.58. The van der Waals surface area contributed by atoms with E-state index in [0.29, 0.717) is 24.7 Å². The number of carbonyl (C=O) groups is 2. The van der Waals surface area contributed by atoms with Crippen molar-refractivity contribution >= 4 is 23.6 Å². The summed E-state index contributed by atoms with van der Waals surface area (Å²) in [5, 5.41) is 4.13. The topological polar surface area (TPSA) is 79.5 Å². The molecule has 0 N–H and O–H groups in total. The molecule has 0 aliphatic carbocycles. The maximum Gasteiger partial charge on any atom is 0.249 e. The summed E-state index contributed by atoms with van der Waals surface area (Å²) in [6.45, 7) is 1.43. The molecule has 0 saturated carbocycles. The molecule has 0 radical (unpaired) electrons. The lowest BCUT2D eigenvalue weighted by Crippen LogP contribution is -2.37. The molecule has 0 bridgehead atoms. The van der Waals surface area contributed by atoms with E-state index in [0.717, 1.165) is 49.0 Å². The second-order valence-electron chi connectivity index (χ2n) is 8.44. The van der Waals surface area contributed by atoms with Crippen LogP contribution in [0.2, 0.25) is 0 Å². The molecule has 5 rings (SSSR count). The third-order valence-corrected chi connectivity index (χ3v) is 6.24. The zero-order valence-corrected chi connectivity index (χ0v) is 18.4. The molecule has 7 heteroatoms. The fourth-order valence-electron chi connectivity index (χ4n) is 4.48. The Morgan fingerprint density at radius 1 is 1.00 bits per heavy atom. The monoisotopic (exact) mass is 442 g/mol. The smallest absolute Gasteiger partial charge is 0.249 e. The Morgan fingerprint density at radius 2 is 1.82 bits per heavy atom. The molecular weight excluding hydrogens is 416 g/mol. The van der Waals surface area contributed by atoms with Crippen LogP contribution in [-0.4, -0.2) is 39.9 Å². The van der Waals surface area contributed by atoms with Crippen molar-refractivity contribution in [1.29, 1.82) is 0 Å². The Hall–Kier alpha value is -3.74. The molecule has 3 heterocycles. The lowest BCUT2D eigenvalue weighted by molar-refractivity contribution is -0.130. The van der Waals surface area contributed by atoms with Crippen LogP contribution in [0.1, 0.15) is 49.6 Å². The molecule has 2 aliphatic rings. The highest BCUT2D eigenvalue weighted by atomic mass is 16.5. The predicted molar refractivity (Wildman–Crippen MR) is 125 cm³/mol. The molecule has 2 fully saturated rings. The molecule has 0 unspecified atom stereocenters. The van der Waals surface area contributed by atoms with Crippen molar-refractivity contribution in [2.45, 2.75) is 38.1 Å². The fraction of sp³-hybridized carbons (Fsp3) is 0.308. The first-order valence-electron chi connectivity index (χ1n) is 11.5. The summed E-state index contributed by atoms with van der Waals surface area (Å²) in [7, 11) is 0. The van der Waals surface area contributed by atoms with Crippen molar-refractivity contribution in [1.82, 2.24) is 15.0 Å². The quantitative estimate of drug-likeness (QED) is 0.538. The molecule has 3 aromatic rings. The van der Waals surface area contributed by atoms with Crippen LogP contribution in [0.15, 0.2) is 65.2 Å². The molecule has 1 atom stereocenters. The predicted octanol–water partition coefficient (Wildman–Crippen LogP) is 4.63. The van der Waals surface area contributed by atoms with Crippen molar-refractivity contribution < 1.29 is 14.1 Å². The van der Waals surface area contributed by atoms with Crippen LogP contribution in [0.25, 0.3) is 17.5 Å². The second-order valence-corrected chi connectivity index (χ2v) is 8.44. The summed E-state index contributed by atoms with van der Waals surface area (Å²) in [6.07, 6.45) is 7.69. The standard InChI is InChI=1S/C26H26N4O3/c31-23-10-6-18-29(23)21-14-11-19(12-15-21)13-16-24(32)30-17-5-4-9-22(30)26-27-25(28-33-26)20-7-2-1-3-8-20/h1-3,7-8,11-16,22H,4-6,9-10,17-18H2/b16-13-/t22-/m0/s1. The van der Waals surface area contributed by atoms with Gasteiger partial charge >= 0.3 is 0 Å². The Labute approximate surface area is 192 Å². The van der Waals surface area contributed by atoms with Gasteiger partial charge in [0.2, 0.25) is 23.5 Å². The summed E-state index contributed by atoms with van der Waals surface area (Å²) in [5.74, 6) is 1.12. The van der Waals surface area contributed by atoms with Gasteiger partial charge in [-0.2, -0.15) is 4.98 Å². The molecule has 1 aromatic heterocycles. The Bertz CT molecular complexity index is 1150. The van der Waals surface area contributed by atoms with Crippen molar-refractivity contribution in [3.05, 3.63) is 72.1 Å². The number of likely N-dealkylation sites (tertiary alicyclic amines) is 1. The van der Waals surface area contributed by atoms with Gasteiger partial charge in [-0.05, 0) is 49.5 Å². The molecule has 33 heavy (non-hydrogen) atoms. The van der Waals surface area contributed by atoms with Crippen molar-refractivity contribution in [3.63, 3.8) is 0 Å². The van der Waals surface area contributed by atoms with Gasteiger partial charge in [0.15, 0.2) is 0 Å². The van der Waals surface area contributed by atoms with Crippen LogP contribution >= 0.6 is 0 Å². The largest absolute Gasteiger partial charge is 0.337 e. The summed E-state index contributed by atoms with van der Waals surface area (Å²) < 4.78 is 5.56. The number of anilines is 1. The second kappa shape index (κ2) is 9.40. The first-order chi connectivity index (χ1) is 16.2. The van der Waals surface area contributed by atoms with Crippen molar-refractivity contribution in [2.75, 3.05) is 18.0 Å². The number of nitrogens with zero attached hydrogens (tertiary/aromatic N) is 4. The van der Waals surface area contributed by atoms with E-state index in [1.165, 1.54) is 0 Å². The first kappa shape index (κ1) is 21.1. The number of hydrogen-bond acceptors (Lipinski definition) is 5. The van der Waals surface area contributed by atoms with E-state index in [-0.39, 0.29) is 17.9 Å². The Kier molecular flexibility index (Phi) is 6.02. The Balaban J connectivity index is 1.28. The summed E-state index contributed by atoms with van der Waals surface area (Å²) in [4.78, 5) is 33.2. The van der Waals surface area contributed by atoms with E-state index < -0.39 is 0 Å². The van der Waals surface area contributed by atoms with Gasteiger partial charge in [0.25, 0.3) is 0 Å². The number of carbonyl (C=O) groups excluding carboxylic acids is 2. The highest BCUT2D eigenvalue weighted by Gasteiger charge is 2.31. The number of rotatable bonds is 5. The molecule has 0 spiro atoms. The zero-order valence-electron chi connectivity index (χ0n) is 18.4. The summed E-state index contributed by atoms with van der Waals surface area (Å²) in [5.41, 5.74) is 2.71. The van der Waals surface area contributed by atoms with E-state index >= 15 is 0 Å². The molecule has 2 aliphatic heterocycles. The third-order valence-electron chi connectivity index (χ3n) is 6.24. The van der Waals surface area contributed by atoms with Gasteiger partial charge in [-0.25, -0.2) is 0 Å². The zero-order chi connectivity index (χ0) is 22.6. The van der Waals surface area contributed by atoms with E-state index in [4.69, 9.17) is 4.52 Å². The maximum atomic E-state index is 13.0. The fourth-order valence-corrected chi connectivity index (χ4v) is 4.48. The molecule has 2 saturated heterocycles. The van der Waals surface area contributed by atoms with Crippen LogP contribution in [0.3, 0.4) is 0 Å². The number of benzene rings is 2. The Morgan fingerprint density at radius 3 is 2.58 bits per heavy atom. The minimum Gasteiger partial charge on any atom is -0.337 e. The van der Waals surface area contributed by atoms with E-state index in [9.17, 15) is 9.59 Å². The molecular formula is C26H26N4O3. The SMILES string of the molecule is O=C1CCCN1c1ccc(/C=C\C(=O)N2CCCC[C@H]2c2nc(-c3ccccc3)no2)cc1. The maximum absolute atomic E-state index is 13.0. The number of aromatic nitrogens is 2. The van der Waals surface area contributed by atoms with Crippen LogP contribution in [0.5, 0.6) is 0 Å². The van der Waals surface area contributed by atoms with Gasteiger partial charge in [-0.1, -0.05) is 47.6 Å². The van der Waals surface area contributed by atoms with E-state index in [2.05, 4.69) is 10.1 Å². The van der Waals surface area contributed by atoms with Crippen LogP contribution in [0.4, 0.5) is 5.69 Å². The van der Waals surface area contributed by atoms with E-state index in [1.807, 2.05) is 70.5 Å². The average Bonchev–Trinajstić information content (AvgIpc) is 3.53. The highest BCUT2D eigenvalue weighted by molar-refractivity contribution is 5.95. The van der Waals surface area contributed by atoms with Gasteiger partial charge < -0.3 is 14.3 Å². The van der Waals surface area contributed by atoms with Crippen molar-refractivity contribution in [2.24, 2.45) is 0 Å².